The van der Waals surface area contributed by atoms with E-state index in [0.717, 1.165) is 22.7 Å². The van der Waals surface area contributed by atoms with E-state index in [1.807, 2.05) is 4.57 Å². The van der Waals surface area contributed by atoms with Crippen LogP contribution < -0.4 is 0 Å². The first-order chi connectivity index (χ1) is 8.78. The van der Waals surface area contributed by atoms with Gasteiger partial charge in [-0.05, 0) is 6.07 Å². The van der Waals surface area contributed by atoms with Crippen LogP contribution in [0.5, 0.6) is 0 Å². The molecule has 0 amide bonds. The maximum atomic E-state index is 5.90. The number of alkyl halides is 1. The maximum absolute atomic E-state index is 5.90. The fourth-order valence-electron chi connectivity index (χ4n) is 1.78. The zero-order valence-electron chi connectivity index (χ0n) is 9.18. The van der Waals surface area contributed by atoms with Crippen molar-refractivity contribution in [2.24, 2.45) is 0 Å². The predicted octanol–water partition coefficient (Wildman–Crippen LogP) is 2.86. The smallest absolute Gasteiger partial charge is 0.160 e. The lowest BCUT2D eigenvalue weighted by Crippen LogP contribution is -2.04. The number of pyridine rings is 1. The Morgan fingerprint density at radius 2 is 2.28 bits per heavy atom. The van der Waals surface area contributed by atoms with E-state index in [4.69, 9.17) is 27.7 Å². The lowest BCUT2D eigenvalue weighted by molar-refractivity contribution is 0.409. The third-order valence-corrected chi connectivity index (χ3v) is 3.01. The average Bonchev–Trinajstić information content (AvgIpc) is 2.97. The zero-order valence-corrected chi connectivity index (χ0v) is 10.7. The van der Waals surface area contributed by atoms with Crippen LogP contribution in [0, 0.1) is 0 Å². The van der Waals surface area contributed by atoms with Gasteiger partial charge in [0.05, 0.1) is 17.4 Å². The molecule has 3 heterocycles. The summed E-state index contributed by atoms with van der Waals surface area (Å²) in [5.74, 6) is 1.02. The molecule has 0 spiro atoms. The van der Waals surface area contributed by atoms with Crippen LogP contribution in [0.2, 0.25) is 5.02 Å². The summed E-state index contributed by atoms with van der Waals surface area (Å²) >= 11 is 11.8. The fraction of sp³-hybridized carbons (Fsp3) is 0.182. The molecule has 0 saturated carbocycles. The molecule has 0 N–H and O–H groups in total. The van der Waals surface area contributed by atoms with Crippen molar-refractivity contribution in [1.82, 2.24) is 19.7 Å². The number of hydrogen-bond donors (Lipinski definition) is 0. The lowest BCUT2D eigenvalue weighted by atomic mass is 10.4. The minimum Gasteiger partial charge on any atom is -0.364 e. The molecule has 0 unspecified atom stereocenters. The Balaban J connectivity index is 2.13. The van der Waals surface area contributed by atoms with Crippen molar-refractivity contribution in [3.8, 4) is 0 Å². The highest BCUT2D eigenvalue weighted by Crippen LogP contribution is 2.20. The summed E-state index contributed by atoms with van der Waals surface area (Å²) in [5, 5.41) is 4.42. The van der Waals surface area contributed by atoms with E-state index in [1.54, 1.807) is 18.3 Å². The highest BCUT2D eigenvalue weighted by Gasteiger charge is 2.12. The van der Waals surface area contributed by atoms with Crippen LogP contribution in [-0.2, 0) is 12.4 Å². The molecule has 3 aromatic heterocycles. The molecule has 5 nitrogen and oxygen atoms in total. The van der Waals surface area contributed by atoms with Crippen molar-refractivity contribution < 1.29 is 4.52 Å². The van der Waals surface area contributed by atoms with E-state index in [9.17, 15) is 0 Å². The Morgan fingerprint density at radius 3 is 3.00 bits per heavy atom. The Hall–Kier alpha value is -1.59. The topological polar surface area (TPSA) is 56.7 Å². The lowest BCUT2D eigenvalue weighted by Gasteiger charge is -2.03. The number of fused-ring (bicyclic) bond motifs is 1. The van der Waals surface area contributed by atoms with Gasteiger partial charge >= 0.3 is 0 Å². The zero-order chi connectivity index (χ0) is 12.5. The Kier molecular flexibility index (Phi) is 2.93. The van der Waals surface area contributed by atoms with E-state index >= 15 is 0 Å². The second kappa shape index (κ2) is 4.59. The van der Waals surface area contributed by atoms with E-state index in [-0.39, 0.29) is 0 Å². The number of nitrogens with zero attached hydrogens (tertiary/aromatic N) is 4. The van der Waals surface area contributed by atoms with Gasteiger partial charge in [-0.25, -0.2) is 9.97 Å². The molecule has 92 valence electrons. The van der Waals surface area contributed by atoms with Crippen LogP contribution in [-0.4, -0.2) is 19.7 Å². The maximum Gasteiger partial charge on any atom is 0.160 e. The molecule has 0 bridgehead atoms. The van der Waals surface area contributed by atoms with E-state index in [0.29, 0.717) is 17.4 Å². The number of aromatic nitrogens is 4. The van der Waals surface area contributed by atoms with Crippen LogP contribution in [0.15, 0.2) is 29.1 Å². The second-order valence-electron chi connectivity index (χ2n) is 3.73. The molecule has 0 aliphatic rings. The molecule has 0 aliphatic heterocycles. The van der Waals surface area contributed by atoms with Crippen LogP contribution in [0.25, 0.3) is 11.2 Å². The third kappa shape index (κ3) is 1.95. The molecule has 0 aliphatic carbocycles. The molecule has 3 aromatic rings. The second-order valence-corrected chi connectivity index (χ2v) is 4.44. The summed E-state index contributed by atoms with van der Waals surface area (Å²) in [7, 11) is 0. The third-order valence-electron chi connectivity index (χ3n) is 2.56. The van der Waals surface area contributed by atoms with Crippen molar-refractivity contribution in [1.29, 1.82) is 0 Å². The first kappa shape index (κ1) is 11.5. The molecule has 7 heteroatoms. The molecule has 18 heavy (non-hydrogen) atoms. The first-order valence-electron chi connectivity index (χ1n) is 5.24. The fourth-order valence-corrected chi connectivity index (χ4v) is 2.14. The van der Waals surface area contributed by atoms with E-state index in [2.05, 4.69) is 15.1 Å². The van der Waals surface area contributed by atoms with Gasteiger partial charge in [0.2, 0.25) is 0 Å². The predicted molar refractivity (Wildman–Crippen MR) is 67.7 cm³/mol. The molecule has 0 saturated heterocycles. The van der Waals surface area contributed by atoms with Crippen molar-refractivity contribution in [3.05, 3.63) is 41.1 Å². The monoisotopic (exact) mass is 282 g/mol. The summed E-state index contributed by atoms with van der Waals surface area (Å²) in [6.45, 7) is 0.518. The Morgan fingerprint density at radius 1 is 1.39 bits per heavy atom. The van der Waals surface area contributed by atoms with Gasteiger partial charge in [0, 0.05) is 12.3 Å². The minimum atomic E-state index is 0.297. The Labute approximate surface area is 112 Å². The van der Waals surface area contributed by atoms with Crippen molar-refractivity contribution in [2.45, 2.75) is 12.4 Å². The standard InChI is InChI=1S/C11H8Cl2N4O/c12-4-10-15-9-3-7(13)5-14-11(9)17(10)6-8-1-2-18-16-8/h1-3,5H,4,6H2. The van der Waals surface area contributed by atoms with Gasteiger partial charge in [0.25, 0.3) is 0 Å². The van der Waals surface area contributed by atoms with Gasteiger partial charge in [-0.15, -0.1) is 11.6 Å². The normalized spacial score (nSPS) is 11.2. The van der Waals surface area contributed by atoms with Gasteiger partial charge in [-0.2, -0.15) is 0 Å². The molecule has 0 radical (unpaired) electrons. The van der Waals surface area contributed by atoms with Crippen LogP contribution in [0.4, 0.5) is 0 Å². The SMILES string of the molecule is ClCc1nc2cc(Cl)cnc2n1Cc1ccon1. The number of rotatable bonds is 3. The Bertz CT molecular complexity index is 678. The largest absolute Gasteiger partial charge is 0.364 e. The van der Waals surface area contributed by atoms with Gasteiger partial charge in [0.15, 0.2) is 5.65 Å². The molecule has 3 rings (SSSR count). The van der Waals surface area contributed by atoms with Gasteiger partial charge in [0.1, 0.15) is 23.3 Å². The van der Waals surface area contributed by atoms with E-state index < -0.39 is 0 Å². The summed E-state index contributed by atoms with van der Waals surface area (Å²) in [6.07, 6.45) is 3.11. The molecular formula is C11H8Cl2N4O. The van der Waals surface area contributed by atoms with Gasteiger partial charge < -0.3 is 9.09 Å². The first-order valence-corrected chi connectivity index (χ1v) is 6.15. The van der Waals surface area contributed by atoms with Crippen molar-refractivity contribution in [3.63, 3.8) is 0 Å². The summed E-state index contributed by atoms with van der Waals surface area (Å²) in [4.78, 5) is 8.68. The number of hydrogen-bond acceptors (Lipinski definition) is 4. The van der Waals surface area contributed by atoms with Crippen molar-refractivity contribution in [2.75, 3.05) is 0 Å². The van der Waals surface area contributed by atoms with Crippen LogP contribution >= 0.6 is 23.2 Å². The van der Waals surface area contributed by atoms with Crippen LogP contribution in [0.3, 0.4) is 0 Å². The highest BCUT2D eigenvalue weighted by molar-refractivity contribution is 6.31. The summed E-state index contributed by atoms with van der Waals surface area (Å²) < 4.78 is 6.71. The average molecular weight is 283 g/mol. The van der Waals surface area contributed by atoms with Crippen molar-refractivity contribution >= 4 is 34.4 Å². The summed E-state index contributed by atoms with van der Waals surface area (Å²) in [5.41, 5.74) is 2.25. The number of halogens is 2. The molecule has 0 fully saturated rings. The summed E-state index contributed by atoms with van der Waals surface area (Å²) in [6, 6.07) is 3.55. The quantitative estimate of drug-likeness (QED) is 0.693. The molecule has 0 aromatic carbocycles. The highest BCUT2D eigenvalue weighted by atomic mass is 35.5. The molecular weight excluding hydrogens is 275 g/mol. The van der Waals surface area contributed by atoms with E-state index in [1.165, 1.54) is 6.26 Å². The molecule has 0 atom stereocenters. The van der Waals surface area contributed by atoms with Gasteiger partial charge in [-0.3, -0.25) is 0 Å². The van der Waals surface area contributed by atoms with Crippen LogP contribution in [0.1, 0.15) is 11.5 Å². The number of imidazole rings is 1. The minimum absolute atomic E-state index is 0.297. The van der Waals surface area contributed by atoms with Gasteiger partial charge in [-0.1, -0.05) is 16.8 Å².